The van der Waals surface area contributed by atoms with Crippen molar-refractivity contribution < 1.29 is 9.13 Å². The molecule has 11 nitrogen and oxygen atoms in total. The van der Waals surface area contributed by atoms with Crippen molar-refractivity contribution in [2.75, 3.05) is 23.3 Å². The van der Waals surface area contributed by atoms with Crippen LogP contribution in [0.1, 0.15) is 30.3 Å². The number of ether oxygens (including phenoxy) is 1. The quantitative estimate of drug-likeness (QED) is 0.321. The highest BCUT2D eigenvalue weighted by atomic mass is 19.1. The Kier molecular flexibility index (Phi) is 5.47. The molecule has 0 aliphatic carbocycles. The highest BCUT2D eigenvalue weighted by molar-refractivity contribution is 5.82. The van der Waals surface area contributed by atoms with Gasteiger partial charge in [0.25, 0.3) is 0 Å². The van der Waals surface area contributed by atoms with Crippen LogP contribution in [0.2, 0.25) is 0 Å². The minimum atomic E-state index is -0.461. The monoisotopic (exact) mass is 488 g/mol. The summed E-state index contributed by atoms with van der Waals surface area (Å²) in [4.78, 5) is 18.5. The van der Waals surface area contributed by atoms with Crippen molar-refractivity contribution in [3.8, 4) is 11.8 Å². The van der Waals surface area contributed by atoms with Crippen molar-refractivity contribution in [2.45, 2.75) is 32.7 Å². The van der Waals surface area contributed by atoms with Gasteiger partial charge in [-0.2, -0.15) is 20.2 Å². The highest BCUT2D eigenvalue weighted by Gasteiger charge is 2.23. The van der Waals surface area contributed by atoms with Crippen molar-refractivity contribution in [1.29, 1.82) is 0 Å². The van der Waals surface area contributed by atoms with Gasteiger partial charge in [-0.1, -0.05) is 0 Å². The van der Waals surface area contributed by atoms with Gasteiger partial charge in [0, 0.05) is 47.5 Å². The van der Waals surface area contributed by atoms with E-state index in [0.29, 0.717) is 28.4 Å². The summed E-state index contributed by atoms with van der Waals surface area (Å²) in [5.41, 5.74) is 2.49. The Morgan fingerprint density at radius 3 is 2.67 bits per heavy atom. The Bertz CT molecular complexity index is 1500. The number of anilines is 3. The molecule has 1 saturated heterocycles. The molecule has 1 aliphatic heterocycles. The smallest absolute Gasteiger partial charge is 0.326 e. The Balaban J connectivity index is 1.30. The fourth-order valence-electron chi connectivity index (χ4n) is 4.53. The molecule has 5 aromatic rings. The molecule has 0 bridgehead atoms. The molecule has 3 N–H and O–H groups in total. The average molecular weight is 489 g/mol. The van der Waals surface area contributed by atoms with Crippen LogP contribution in [0, 0.1) is 19.7 Å². The summed E-state index contributed by atoms with van der Waals surface area (Å²) in [6.07, 6.45) is 5.09. The number of benzene rings is 1. The lowest BCUT2D eigenvalue weighted by Gasteiger charge is -2.32. The fourth-order valence-corrected chi connectivity index (χ4v) is 4.53. The van der Waals surface area contributed by atoms with Crippen molar-refractivity contribution in [2.24, 2.45) is 0 Å². The minimum Gasteiger partial charge on any atom is -0.421 e. The normalized spacial score (nSPS) is 14.5. The zero-order valence-corrected chi connectivity index (χ0v) is 19.9. The molecule has 1 aromatic carbocycles. The number of aromatic amines is 2. The summed E-state index contributed by atoms with van der Waals surface area (Å²) >= 11 is 0. The number of nitrogens with one attached hydrogen (secondary N) is 3. The third kappa shape index (κ3) is 4.32. The number of nitrogens with zero attached hydrogens (tertiary/aromatic N) is 7. The molecular weight excluding hydrogens is 463 g/mol. The number of halogens is 1. The molecular formula is C24H25FN10O. The maximum atomic E-state index is 15.2. The van der Waals surface area contributed by atoms with E-state index in [1.807, 2.05) is 30.7 Å². The van der Waals surface area contributed by atoms with Crippen LogP contribution in [0.15, 0.2) is 43.0 Å². The maximum Gasteiger partial charge on any atom is 0.326 e. The first kappa shape index (κ1) is 22.0. The molecule has 6 rings (SSSR count). The number of aryl methyl sites for hydroxylation is 2. The summed E-state index contributed by atoms with van der Waals surface area (Å²) < 4.78 is 23.0. The lowest BCUT2D eigenvalue weighted by atomic mass is 10.1. The summed E-state index contributed by atoms with van der Waals surface area (Å²) in [5, 5.41) is 15.1. The van der Waals surface area contributed by atoms with Gasteiger partial charge in [0.05, 0.1) is 6.04 Å². The zero-order valence-electron chi connectivity index (χ0n) is 19.9. The van der Waals surface area contributed by atoms with Crippen LogP contribution >= 0.6 is 0 Å². The number of hydrogen-bond acceptors (Lipinski definition) is 8. The SMILES string of the molecule is Cc1cc(Nc2cc(N3CCC(n4cncn4)CC3)nc(Oc3ccc4[nH]c(C)cc4c3F)n2)n[nH]1. The highest BCUT2D eigenvalue weighted by Crippen LogP contribution is 2.32. The molecule has 5 heterocycles. The first-order valence-electron chi connectivity index (χ1n) is 11.7. The Morgan fingerprint density at radius 1 is 1.06 bits per heavy atom. The molecule has 12 heteroatoms. The Hall–Kier alpha value is -4.48. The topological polar surface area (TPSA) is 125 Å². The van der Waals surface area contributed by atoms with Gasteiger partial charge < -0.3 is 19.9 Å². The summed E-state index contributed by atoms with van der Waals surface area (Å²) in [7, 11) is 0. The van der Waals surface area contributed by atoms with Crippen LogP contribution < -0.4 is 15.0 Å². The number of fused-ring (bicyclic) bond motifs is 1. The molecule has 4 aromatic heterocycles. The van der Waals surface area contributed by atoms with Crippen LogP contribution in [0.4, 0.5) is 21.8 Å². The molecule has 36 heavy (non-hydrogen) atoms. The van der Waals surface area contributed by atoms with Crippen molar-refractivity contribution in [3.05, 3.63) is 60.2 Å². The summed E-state index contributed by atoms with van der Waals surface area (Å²) in [5.74, 6) is 1.40. The van der Waals surface area contributed by atoms with Gasteiger partial charge >= 0.3 is 6.01 Å². The lowest BCUT2D eigenvalue weighted by molar-refractivity contribution is 0.363. The van der Waals surface area contributed by atoms with E-state index in [1.54, 1.807) is 30.9 Å². The molecule has 0 radical (unpaired) electrons. The number of piperidine rings is 1. The standard InChI is InChI=1S/C24H25FN10O/c1-14-9-17-18(28-14)3-4-19(23(17)25)36-24-30-20(29-21-10-15(2)32-33-21)11-22(31-24)34-7-5-16(6-8-34)35-13-26-12-27-35/h3-4,9-13,16,28H,5-8H2,1-2H3,(H2,29,30,31,32,33). The van der Waals surface area contributed by atoms with Crippen LogP contribution in [0.3, 0.4) is 0 Å². The van der Waals surface area contributed by atoms with E-state index >= 15 is 4.39 Å². The third-order valence-electron chi connectivity index (χ3n) is 6.29. The van der Waals surface area contributed by atoms with E-state index in [9.17, 15) is 0 Å². The fraction of sp³-hybridized carbons (Fsp3) is 0.292. The molecule has 0 atom stereocenters. The van der Waals surface area contributed by atoms with Gasteiger partial charge in [0.2, 0.25) is 0 Å². The van der Waals surface area contributed by atoms with Crippen molar-refractivity contribution in [3.63, 3.8) is 0 Å². The van der Waals surface area contributed by atoms with Gasteiger partial charge in [0.15, 0.2) is 17.4 Å². The molecule has 0 amide bonds. The first-order chi connectivity index (χ1) is 17.5. The van der Waals surface area contributed by atoms with E-state index in [0.717, 1.165) is 37.3 Å². The second-order valence-electron chi connectivity index (χ2n) is 8.94. The number of aromatic nitrogens is 8. The predicted molar refractivity (Wildman–Crippen MR) is 132 cm³/mol. The maximum absolute atomic E-state index is 15.2. The Labute approximate surface area is 205 Å². The minimum absolute atomic E-state index is 0.0474. The van der Waals surface area contributed by atoms with E-state index in [-0.39, 0.29) is 17.8 Å². The number of H-pyrrole nitrogens is 2. The van der Waals surface area contributed by atoms with E-state index in [4.69, 9.17) is 4.74 Å². The first-order valence-corrected chi connectivity index (χ1v) is 11.7. The zero-order chi connectivity index (χ0) is 24.6. The van der Waals surface area contributed by atoms with Crippen molar-refractivity contribution >= 4 is 28.4 Å². The van der Waals surface area contributed by atoms with Gasteiger partial charge in [-0.15, -0.1) is 0 Å². The van der Waals surface area contributed by atoms with Crippen LogP contribution in [0.25, 0.3) is 10.9 Å². The molecule has 1 aliphatic rings. The molecule has 0 spiro atoms. The molecule has 1 fully saturated rings. The second-order valence-corrected chi connectivity index (χ2v) is 8.94. The van der Waals surface area contributed by atoms with E-state index < -0.39 is 5.82 Å². The van der Waals surface area contributed by atoms with Gasteiger partial charge in [-0.05, 0) is 44.9 Å². The van der Waals surface area contributed by atoms with Crippen LogP contribution in [0.5, 0.6) is 11.8 Å². The lowest BCUT2D eigenvalue weighted by Crippen LogP contribution is -2.35. The van der Waals surface area contributed by atoms with E-state index in [1.165, 1.54) is 0 Å². The molecule has 0 saturated carbocycles. The predicted octanol–water partition coefficient (Wildman–Crippen LogP) is 4.41. The Morgan fingerprint density at radius 2 is 1.92 bits per heavy atom. The van der Waals surface area contributed by atoms with Gasteiger partial charge in [0.1, 0.15) is 24.3 Å². The third-order valence-corrected chi connectivity index (χ3v) is 6.29. The van der Waals surface area contributed by atoms with Gasteiger partial charge in [-0.25, -0.2) is 14.1 Å². The summed E-state index contributed by atoms with van der Waals surface area (Å²) in [6.45, 7) is 5.34. The summed E-state index contributed by atoms with van der Waals surface area (Å²) in [6, 6.07) is 9.17. The van der Waals surface area contributed by atoms with E-state index in [2.05, 4.69) is 45.4 Å². The average Bonchev–Trinajstić information content (AvgIpc) is 3.63. The van der Waals surface area contributed by atoms with Gasteiger partial charge in [-0.3, -0.25) is 5.10 Å². The largest absolute Gasteiger partial charge is 0.421 e. The van der Waals surface area contributed by atoms with Crippen molar-refractivity contribution in [1.82, 2.24) is 39.9 Å². The van der Waals surface area contributed by atoms with Crippen LogP contribution in [-0.2, 0) is 0 Å². The molecule has 184 valence electrons. The second kappa shape index (κ2) is 8.95. The number of rotatable bonds is 6. The van der Waals surface area contributed by atoms with Crippen LogP contribution in [-0.4, -0.2) is 53.0 Å². The number of hydrogen-bond donors (Lipinski definition) is 3. The molecule has 0 unspecified atom stereocenters.